The molecule has 0 saturated heterocycles. The van der Waals surface area contributed by atoms with Crippen molar-refractivity contribution in [1.29, 1.82) is 0 Å². The number of hydrogen-bond donors (Lipinski definition) is 1. The molecule has 0 unspecified atom stereocenters. The van der Waals surface area contributed by atoms with E-state index in [0.717, 1.165) is 22.6 Å². The van der Waals surface area contributed by atoms with Crippen LogP contribution in [0.2, 0.25) is 0 Å². The summed E-state index contributed by atoms with van der Waals surface area (Å²) in [5.41, 5.74) is 4.31. The van der Waals surface area contributed by atoms with Gasteiger partial charge in [-0.25, -0.2) is 9.48 Å². The van der Waals surface area contributed by atoms with Crippen LogP contribution in [0, 0.1) is 13.8 Å². The lowest BCUT2D eigenvalue weighted by Gasteiger charge is -2.13. The summed E-state index contributed by atoms with van der Waals surface area (Å²) in [6.45, 7) is 3.98. The molecule has 1 aromatic heterocycles. The standard InChI is InChI=1S/C19H19N3O4/c1-11-7-14(9-18(26-4)12(11)2)22-16(10-20-21-22)13-5-6-17(25-3)15(8-13)19(23)24/h5-10H,1-4H3,(H,23,24). The molecule has 1 N–H and O–H groups in total. The molecule has 26 heavy (non-hydrogen) atoms. The first-order chi connectivity index (χ1) is 12.5. The Bertz CT molecular complexity index is 979. The summed E-state index contributed by atoms with van der Waals surface area (Å²) in [5.74, 6) is -0.00824. The van der Waals surface area contributed by atoms with Crippen molar-refractivity contribution in [3.8, 4) is 28.4 Å². The van der Waals surface area contributed by atoms with E-state index in [2.05, 4.69) is 10.3 Å². The molecule has 3 rings (SSSR count). The maximum Gasteiger partial charge on any atom is 0.339 e. The molecule has 3 aromatic rings. The Morgan fingerprint density at radius 3 is 2.46 bits per heavy atom. The van der Waals surface area contributed by atoms with Gasteiger partial charge < -0.3 is 14.6 Å². The number of hydrogen-bond acceptors (Lipinski definition) is 5. The van der Waals surface area contributed by atoms with Crippen LogP contribution in [0.4, 0.5) is 0 Å². The number of carboxylic acid groups (broad SMARTS) is 1. The summed E-state index contributed by atoms with van der Waals surface area (Å²) in [7, 11) is 3.06. The maximum absolute atomic E-state index is 11.5. The van der Waals surface area contributed by atoms with Crippen LogP contribution >= 0.6 is 0 Å². The van der Waals surface area contributed by atoms with Crippen molar-refractivity contribution in [3.05, 3.63) is 53.2 Å². The minimum absolute atomic E-state index is 0.0791. The molecule has 0 aliphatic carbocycles. The lowest BCUT2D eigenvalue weighted by Crippen LogP contribution is -2.04. The largest absolute Gasteiger partial charge is 0.496 e. The third-order valence-electron chi connectivity index (χ3n) is 4.34. The number of rotatable bonds is 5. The second-order valence-corrected chi connectivity index (χ2v) is 5.84. The van der Waals surface area contributed by atoms with E-state index in [4.69, 9.17) is 9.47 Å². The number of aromatic carboxylic acids is 1. The molecule has 0 amide bonds. The van der Waals surface area contributed by atoms with E-state index < -0.39 is 5.97 Å². The second-order valence-electron chi connectivity index (χ2n) is 5.84. The zero-order chi connectivity index (χ0) is 18.8. The molecule has 2 aromatic carbocycles. The predicted octanol–water partition coefficient (Wildman–Crippen LogP) is 3.27. The third kappa shape index (κ3) is 2.99. The molecule has 0 fully saturated rings. The lowest BCUT2D eigenvalue weighted by atomic mass is 10.1. The zero-order valence-electron chi connectivity index (χ0n) is 15.0. The van der Waals surface area contributed by atoms with Gasteiger partial charge in [-0.15, -0.1) is 5.10 Å². The van der Waals surface area contributed by atoms with Crippen LogP contribution in [0.15, 0.2) is 36.5 Å². The van der Waals surface area contributed by atoms with E-state index in [1.807, 2.05) is 26.0 Å². The van der Waals surface area contributed by atoms with Gasteiger partial charge >= 0.3 is 5.97 Å². The van der Waals surface area contributed by atoms with E-state index in [0.29, 0.717) is 17.0 Å². The molecule has 134 valence electrons. The van der Waals surface area contributed by atoms with Gasteiger partial charge in [-0.1, -0.05) is 5.21 Å². The summed E-state index contributed by atoms with van der Waals surface area (Å²) in [6.07, 6.45) is 1.59. The number of benzene rings is 2. The lowest BCUT2D eigenvalue weighted by molar-refractivity contribution is 0.0693. The van der Waals surface area contributed by atoms with Gasteiger partial charge in [0.15, 0.2) is 0 Å². The Morgan fingerprint density at radius 2 is 1.81 bits per heavy atom. The SMILES string of the molecule is COc1ccc(-c2cnnn2-c2cc(C)c(C)c(OC)c2)cc1C(=O)O. The van der Waals surface area contributed by atoms with Crippen LogP contribution in [0.1, 0.15) is 21.5 Å². The topological polar surface area (TPSA) is 86.5 Å². The van der Waals surface area contributed by atoms with E-state index >= 15 is 0 Å². The van der Waals surface area contributed by atoms with E-state index in [9.17, 15) is 9.90 Å². The van der Waals surface area contributed by atoms with E-state index in [1.54, 1.807) is 36.2 Å². The monoisotopic (exact) mass is 353 g/mol. The quantitative estimate of drug-likeness (QED) is 0.758. The van der Waals surface area contributed by atoms with Gasteiger partial charge in [0.2, 0.25) is 0 Å². The highest BCUT2D eigenvalue weighted by Gasteiger charge is 2.16. The van der Waals surface area contributed by atoms with Crippen molar-refractivity contribution >= 4 is 5.97 Å². The molecule has 7 heteroatoms. The molecule has 1 heterocycles. The number of methoxy groups -OCH3 is 2. The normalized spacial score (nSPS) is 10.6. The minimum atomic E-state index is -1.06. The summed E-state index contributed by atoms with van der Waals surface area (Å²) >= 11 is 0. The molecule has 0 saturated carbocycles. The maximum atomic E-state index is 11.5. The van der Waals surface area contributed by atoms with Crippen molar-refractivity contribution in [2.45, 2.75) is 13.8 Å². The van der Waals surface area contributed by atoms with Crippen molar-refractivity contribution < 1.29 is 19.4 Å². The Morgan fingerprint density at radius 1 is 1.08 bits per heavy atom. The van der Waals surface area contributed by atoms with Gasteiger partial charge in [0.05, 0.1) is 31.8 Å². The number of carboxylic acids is 1. The number of ether oxygens (including phenoxy) is 2. The summed E-state index contributed by atoms with van der Waals surface area (Å²) in [4.78, 5) is 11.5. The summed E-state index contributed by atoms with van der Waals surface area (Å²) < 4.78 is 12.2. The van der Waals surface area contributed by atoms with Gasteiger partial charge in [-0.3, -0.25) is 0 Å². The highest BCUT2D eigenvalue weighted by Crippen LogP contribution is 2.30. The second kappa shape index (κ2) is 6.87. The van der Waals surface area contributed by atoms with Crippen molar-refractivity contribution in [1.82, 2.24) is 15.0 Å². The van der Waals surface area contributed by atoms with Crippen molar-refractivity contribution in [2.24, 2.45) is 0 Å². The Kier molecular flexibility index (Phi) is 4.62. The van der Waals surface area contributed by atoms with Crippen LogP contribution in [0.3, 0.4) is 0 Å². The molecular formula is C19H19N3O4. The molecule has 0 bridgehead atoms. The van der Waals surface area contributed by atoms with Crippen LogP contribution in [0.5, 0.6) is 11.5 Å². The molecular weight excluding hydrogens is 334 g/mol. The number of nitrogens with zero attached hydrogens (tertiary/aromatic N) is 3. The molecule has 0 aliphatic rings. The molecule has 7 nitrogen and oxygen atoms in total. The summed E-state index contributed by atoms with van der Waals surface area (Å²) in [6, 6.07) is 8.81. The number of carbonyl (C=O) groups is 1. The van der Waals surface area contributed by atoms with Gasteiger partial charge in [0.1, 0.15) is 17.1 Å². The first-order valence-electron chi connectivity index (χ1n) is 7.94. The first kappa shape index (κ1) is 17.5. The van der Waals surface area contributed by atoms with Gasteiger partial charge in [-0.05, 0) is 49.2 Å². The molecule has 0 atom stereocenters. The smallest absolute Gasteiger partial charge is 0.339 e. The Balaban J connectivity index is 2.15. The highest BCUT2D eigenvalue weighted by atomic mass is 16.5. The van der Waals surface area contributed by atoms with Gasteiger partial charge in [0.25, 0.3) is 0 Å². The zero-order valence-corrected chi connectivity index (χ0v) is 15.0. The van der Waals surface area contributed by atoms with E-state index in [1.165, 1.54) is 7.11 Å². The number of aromatic nitrogens is 3. The summed E-state index contributed by atoms with van der Waals surface area (Å²) in [5, 5.41) is 17.6. The predicted molar refractivity (Wildman–Crippen MR) is 96.3 cm³/mol. The fourth-order valence-electron chi connectivity index (χ4n) is 2.80. The molecule has 0 spiro atoms. The Hall–Kier alpha value is -3.35. The van der Waals surface area contributed by atoms with Crippen molar-refractivity contribution in [2.75, 3.05) is 14.2 Å². The van der Waals surface area contributed by atoms with Crippen LogP contribution in [-0.4, -0.2) is 40.3 Å². The Labute approximate surface area is 150 Å². The molecule has 0 aliphatic heterocycles. The van der Waals surface area contributed by atoms with Gasteiger partial charge in [-0.2, -0.15) is 0 Å². The van der Waals surface area contributed by atoms with E-state index in [-0.39, 0.29) is 5.56 Å². The fourth-order valence-corrected chi connectivity index (χ4v) is 2.80. The minimum Gasteiger partial charge on any atom is -0.496 e. The average molecular weight is 353 g/mol. The van der Waals surface area contributed by atoms with Crippen LogP contribution in [0.25, 0.3) is 16.9 Å². The van der Waals surface area contributed by atoms with Crippen LogP contribution < -0.4 is 9.47 Å². The highest BCUT2D eigenvalue weighted by molar-refractivity contribution is 5.92. The van der Waals surface area contributed by atoms with Crippen molar-refractivity contribution in [3.63, 3.8) is 0 Å². The first-order valence-corrected chi connectivity index (χ1v) is 7.94. The fraction of sp³-hybridized carbons (Fsp3) is 0.211. The third-order valence-corrected chi connectivity index (χ3v) is 4.34. The van der Waals surface area contributed by atoms with Gasteiger partial charge in [0, 0.05) is 11.6 Å². The molecule has 0 radical (unpaired) electrons. The van der Waals surface area contributed by atoms with Crippen LogP contribution in [-0.2, 0) is 0 Å². The number of aryl methyl sites for hydroxylation is 1. The average Bonchev–Trinajstić information content (AvgIpc) is 3.13.